The zero-order chi connectivity index (χ0) is 14.4. The van der Waals surface area contributed by atoms with Crippen molar-refractivity contribution in [3.63, 3.8) is 0 Å². The predicted octanol–water partition coefficient (Wildman–Crippen LogP) is 3.22. The number of ether oxygens (including phenoxy) is 2. The SMILES string of the molecule is C=C(C)CNC(=S)Nc1cc(OC)c(Cl)cc1OC. The topological polar surface area (TPSA) is 42.5 Å². The highest BCUT2D eigenvalue weighted by Gasteiger charge is 2.10. The van der Waals surface area contributed by atoms with Crippen molar-refractivity contribution in [2.75, 3.05) is 26.1 Å². The molecule has 0 aliphatic rings. The molecule has 0 bridgehead atoms. The van der Waals surface area contributed by atoms with Gasteiger partial charge in [0.15, 0.2) is 5.11 Å². The maximum absolute atomic E-state index is 6.03. The Labute approximate surface area is 123 Å². The highest BCUT2D eigenvalue weighted by Crippen LogP contribution is 2.35. The van der Waals surface area contributed by atoms with E-state index in [0.717, 1.165) is 5.57 Å². The summed E-state index contributed by atoms with van der Waals surface area (Å²) < 4.78 is 10.4. The third-order valence-electron chi connectivity index (χ3n) is 2.27. The first-order valence-electron chi connectivity index (χ1n) is 5.58. The van der Waals surface area contributed by atoms with Gasteiger partial charge in [-0.15, -0.1) is 0 Å². The maximum atomic E-state index is 6.03. The van der Waals surface area contributed by atoms with Crippen LogP contribution in [0.25, 0.3) is 0 Å². The lowest BCUT2D eigenvalue weighted by Crippen LogP contribution is -2.29. The highest BCUT2D eigenvalue weighted by molar-refractivity contribution is 7.80. The van der Waals surface area contributed by atoms with E-state index in [1.807, 2.05) is 6.92 Å². The van der Waals surface area contributed by atoms with Crippen molar-refractivity contribution in [1.29, 1.82) is 0 Å². The third kappa shape index (κ3) is 4.61. The van der Waals surface area contributed by atoms with Crippen LogP contribution in [0.1, 0.15) is 6.92 Å². The summed E-state index contributed by atoms with van der Waals surface area (Å²) in [4.78, 5) is 0. The fraction of sp³-hybridized carbons (Fsp3) is 0.308. The Kier molecular flexibility index (Phi) is 5.92. The molecule has 1 rings (SSSR count). The van der Waals surface area contributed by atoms with Crippen LogP contribution in [0.2, 0.25) is 5.02 Å². The quantitative estimate of drug-likeness (QED) is 0.645. The smallest absolute Gasteiger partial charge is 0.171 e. The Balaban J connectivity index is 2.86. The van der Waals surface area contributed by atoms with Crippen LogP contribution in [-0.2, 0) is 0 Å². The summed E-state index contributed by atoms with van der Waals surface area (Å²) >= 11 is 11.2. The van der Waals surface area contributed by atoms with E-state index >= 15 is 0 Å². The standard InChI is InChI=1S/C13H17ClN2O2S/c1-8(2)7-15-13(19)16-10-6-11(17-3)9(14)5-12(10)18-4/h5-6H,1,7H2,2-4H3,(H2,15,16,19). The summed E-state index contributed by atoms with van der Waals surface area (Å²) in [6.07, 6.45) is 0. The van der Waals surface area contributed by atoms with Crippen molar-refractivity contribution in [2.24, 2.45) is 0 Å². The normalized spacial score (nSPS) is 9.68. The molecule has 0 aliphatic carbocycles. The molecular weight excluding hydrogens is 284 g/mol. The van der Waals surface area contributed by atoms with Gasteiger partial charge in [0.1, 0.15) is 11.5 Å². The van der Waals surface area contributed by atoms with Gasteiger partial charge in [0.05, 0.1) is 24.9 Å². The molecule has 0 saturated heterocycles. The van der Waals surface area contributed by atoms with E-state index in [0.29, 0.717) is 33.9 Å². The monoisotopic (exact) mass is 300 g/mol. The lowest BCUT2D eigenvalue weighted by molar-refractivity contribution is 0.405. The molecule has 2 N–H and O–H groups in total. The second-order valence-electron chi connectivity index (χ2n) is 3.95. The van der Waals surface area contributed by atoms with Gasteiger partial charge in [0.25, 0.3) is 0 Å². The summed E-state index contributed by atoms with van der Waals surface area (Å²) in [7, 11) is 3.11. The van der Waals surface area contributed by atoms with E-state index in [9.17, 15) is 0 Å². The zero-order valence-corrected chi connectivity index (χ0v) is 12.7. The summed E-state index contributed by atoms with van der Waals surface area (Å²) in [6.45, 7) is 6.32. The van der Waals surface area contributed by atoms with Crippen molar-refractivity contribution >= 4 is 34.6 Å². The summed E-state index contributed by atoms with van der Waals surface area (Å²) in [6, 6.07) is 3.40. The van der Waals surface area contributed by atoms with Crippen LogP contribution in [0.15, 0.2) is 24.3 Å². The maximum Gasteiger partial charge on any atom is 0.171 e. The van der Waals surface area contributed by atoms with Crippen molar-refractivity contribution < 1.29 is 9.47 Å². The summed E-state index contributed by atoms with van der Waals surface area (Å²) in [5.41, 5.74) is 1.67. The Morgan fingerprint density at radius 2 is 1.95 bits per heavy atom. The molecule has 19 heavy (non-hydrogen) atoms. The molecule has 0 aliphatic heterocycles. The van der Waals surface area contributed by atoms with Crippen LogP contribution in [0.4, 0.5) is 5.69 Å². The molecule has 6 heteroatoms. The Morgan fingerprint density at radius 3 is 2.47 bits per heavy atom. The molecule has 0 heterocycles. The third-order valence-corrected chi connectivity index (χ3v) is 2.81. The molecule has 0 atom stereocenters. The molecule has 0 unspecified atom stereocenters. The van der Waals surface area contributed by atoms with Gasteiger partial charge < -0.3 is 20.1 Å². The number of hydrogen-bond acceptors (Lipinski definition) is 3. The highest BCUT2D eigenvalue weighted by atomic mass is 35.5. The minimum atomic E-state index is 0.477. The second-order valence-corrected chi connectivity index (χ2v) is 4.77. The number of benzene rings is 1. The molecule has 0 saturated carbocycles. The van der Waals surface area contributed by atoms with Gasteiger partial charge in [-0.25, -0.2) is 0 Å². The van der Waals surface area contributed by atoms with Gasteiger partial charge >= 0.3 is 0 Å². The first kappa shape index (κ1) is 15.6. The van der Waals surface area contributed by atoms with E-state index in [1.54, 1.807) is 26.4 Å². The van der Waals surface area contributed by atoms with Crippen molar-refractivity contribution in [2.45, 2.75) is 6.92 Å². The largest absolute Gasteiger partial charge is 0.495 e. The first-order valence-corrected chi connectivity index (χ1v) is 6.37. The molecule has 0 radical (unpaired) electrons. The molecule has 0 amide bonds. The number of halogens is 1. The zero-order valence-electron chi connectivity index (χ0n) is 11.2. The summed E-state index contributed by atoms with van der Waals surface area (Å²) in [5, 5.41) is 7.01. The average molecular weight is 301 g/mol. The van der Waals surface area contributed by atoms with Gasteiger partial charge in [0.2, 0.25) is 0 Å². The number of anilines is 1. The minimum Gasteiger partial charge on any atom is -0.495 e. The van der Waals surface area contributed by atoms with Gasteiger partial charge in [-0.05, 0) is 19.1 Å². The van der Waals surface area contributed by atoms with Crippen LogP contribution in [0.5, 0.6) is 11.5 Å². The van der Waals surface area contributed by atoms with Gasteiger partial charge in [-0.1, -0.05) is 23.8 Å². The lowest BCUT2D eigenvalue weighted by Gasteiger charge is -2.15. The summed E-state index contributed by atoms with van der Waals surface area (Å²) in [5.74, 6) is 1.14. The molecule has 4 nitrogen and oxygen atoms in total. The Hall–Kier alpha value is -1.46. The molecule has 1 aromatic carbocycles. The number of methoxy groups -OCH3 is 2. The van der Waals surface area contributed by atoms with Crippen molar-refractivity contribution in [3.8, 4) is 11.5 Å². The van der Waals surface area contributed by atoms with E-state index in [-0.39, 0.29) is 0 Å². The van der Waals surface area contributed by atoms with Gasteiger partial charge in [-0.3, -0.25) is 0 Å². The molecule has 1 aromatic rings. The molecule has 0 spiro atoms. The molecular formula is C13H17ClN2O2S. The van der Waals surface area contributed by atoms with Gasteiger partial charge in [-0.2, -0.15) is 0 Å². The van der Waals surface area contributed by atoms with Crippen molar-refractivity contribution in [1.82, 2.24) is 5.32 Å². The Bertz CT molecular complexity index is 492. The molecule has 104 valence electrons. The first-order chi connectivity index (χ1) is 8.97. The molecule has 0 fully saturated rings. The number of rotatable bonds is 5. The van der Waals surface area contributed by atoms with E-state index in [2.05, 4.69) is 17.2 Å². The van der Waals surface area contributed by atoms with E-state index < -0.39 is 0 Å². The van der Waals surface area contributed by atoms with E-state index in [4.69, 9.17) is 33.3 Å². The molecule has 0 aromatic heterocycles. The lowest BCUT2D eigenvalue weighted by atomic mass is 10.2. The van der Waals surface area contributed by atoms with E-state index in [1.165, 1.54) is 0 Å². The van der Waals surface area contributed by atoms with Crippen molar-refractivity contribution in [3.05, 3.63) is 29.3 Å². The number of thiocarbonyl (C=S) groups is 1. The van der Waals surface area contributed by atoms with Crippen LogP contribution in [-0.4, -0.2) is 25.9 Å². The van der Waals surface area contributed by atoms with Gasteiger partial charge in [0, 0.05) is 18.7 Å². The van der Waals surface area contributed by atoms with Crippen LogP contribution >= 0.6 is 23.8 Å². The second kappa shape index (κ2) is 7.21. The number of nitrogens with one attached hydrogen (secondary N) is 2. The van der Waals surface area contributed by atoms with Crippen LogP contribution < -0.4 is 20.1 Å². The number of hydrogen-bond donors (Lipinski definition) is 2. The predicted molar refractivity (Wildman–Crippen MR) is 83.6 cm³/mol. The van der Waals surface area contributed by atoms with Crippen LogP contribution in [0.3, 0.4) is 0 Å². The fourth-order valence-corrected chi connectivity index (χ4v) is 1.77. The Morgan fingerprint density at radius 1 is 1.32 bits per heavy atom. The fourth-order valence-electron chi connectivity index (χ4n) is 1.36. The average Bonchev–Trinajstić information content (AvgIpc) is 2.37. The van der Waals surface area contributed by atoms with Crippen LogP contribution in [0, 0.1) is 0 Å². The minimum absolute atomic E-state index is 0.477.